The van der Waals surface area contributed by atoms with E-state index in [9.17, 15) is 28.7 Å². The number of primary amides is 1. The van der Waals surface area contributed by atoms with Crippen molar-refractivity contribution in [3.8, 4) is 5.69 Å². The quantitative estimate of drug-likeness (QED) is 0.251. The van der Waals surface area contributed by atoms with E-state index in [1.807, 2.05) is 19.1 Å². The Morgan fingerprint density at radius 2 is 1.96 bits per heavy atom. The van der Waals surface area contributed by atoms with Gasteiger partial charge in [0, 0.05) is 47.7 Å². The number of Topliss-reactive ketones (excluding diaryl/α,β-unsaturated/α-hetero) is 1. The Balaban J connectivity index is 1.35. The molecule has 6 rings (SSSR count). The first-order valence-corrected chi connectivity index (χ1v) is 18.1. The number of ether oxygens (including phenoxy) is 2. The van der Waals surface area contributed by atoms with Crippen molar-refractivity contribution < 1.29 is 42.5 Å². The highest BCUT2D eigenvalue weighted by Gasteiger charge is 2.77. The second-order valence-corrected chi connectivity index (χ2v) is 16.0. The van der Waals surface area contributed by atoms with Gasteiger partial charge in [-0.1, -0.05) is 45.4 Å². The van der Waals surface area contributed by atoms with E-state index < -0.39 is 81.5 Å². The first-order chi connectivity index (χ1) is 23.6. The lowest BCUT2D eigenvalue weighted by Crippen LogP contribution is -2.70. The Labute approximate surface area is 294 Å². The maximum atomic E-state index is 18.3. The zero-order valence-electron chi connectivity index (χ0n) is 29.0. The number of allylic oxidation sites excluding steroid dienone is 1. The molecule has 3 N–H and O–H groups in total. The van der Waals surface area contributed by atoms with E-state index in [-0.39, 0.29) is 25.0 Å². The van der Waals surface area contributed by atoms with E-state index in [1.165, 1.54) is 7.11 Å². The normalized spacial score (nSPS) is 34.8. The van der Waals surface area contributed by atoms with Crippen molar-refractivity contribution in [2.24, 2.45) is 40.2 Å². The molecule has 0 spiro atoms. The predicted octanol–water partition coefficient (Wildman–Crippen LogP) is 5.17. The number of aromatic nitrogens is 2. The minimum atomic E-state index is -2.09. The third-order valence-electron chi connectivity index (χ3n) is 12.5. The lowest BCUT2D eigenvalue weighted by Gasteiger charge is -2.63. The van der Waals surface area contributed by atoms with E-state index in [1.54, 1.807) is 49.8 Å². The number of carbonyl (C=O) groups excluding carboxylic acids is 4. The van der Waals surface area contributed by atoms with Gasteiger partial charge in [0.15, 0.2) is 11.4 Å². The van der Waals surface area contributed by atoms with Gasteiger partial charge < -0.3 is 20.3 Å². The average molecular weight is 714 g/mol. The van der Waals surface area contributed by atoms with Crippen molar-refractivity contribution in [3.05, 3.63) is 52.9 Å². The molecule has 3 fully saturated rings. The Bertz CT molecular complexity index is 1770. The van der Waals surface area contributed by atoms with Crippen LogP contribution in [-0.4, -0.2) is 74.8 Å². The molecule has 3 saturated carbocycles. The van der Waals surface area contributed by atoms with Crippen molar-refractivity contribution in [1.29, 1.82) is 0 Å². The number of aliphatic hydroxyl groups excluding tert-OH is 1. The average Bonchev–Trinajstić information content (AvgIpc) is 3.56. The molecule has 0 saturated heterocycles. The third kappa shape index (κ3) is 5.20. The summed E-state index contributed by atoms with van der Waals surface area (Å²) >= 11 is 0.437. The number of methoxy groups -OCH3 is 1. The maximum absolute atomic E-state index is 18.3. The van der Waals surface area contributed by atoms with Crippen molar-refractivity contribution in [2.75, 3.05) is 19.7 Å². The van der Waals surface area contributed by atoms with Crippen LogP contribution in [0.1, 0.15) is 81.4 Å². The molecule has 1 amide bonds. The van der Waals surface area contributed by atoms with Gasteiger partial charge in [0.25, 0.3) is 0 Å². The van der Waals surface area contributed by atoms with Crippen LogP contribution in [0.4, 0.5) is 8.78 Å². The van der Waals surface area contributed by atoms with Crippen LogP contribution in [0.3, 0.4) is 0 Å². The summed E-state index contributed by atoms with van der Waals surface area (Å²) in [5, 5.41) is 16.0. The number of hydrogen-bond donors (Lipinski definition) is 2. The highest BCUT2D eigenvalue weighted by molar-refractivity contribution is 8.13. The molecule has 10 nitrogen and oxygen atoms in total. The molecule has 0 aliphatic heterocycles. The monoisotopic (exact) mass is 713 g/mol. The Hall–Kier alpha value is -3.42. The SMILES string of the molecule is COCC(=O)O[C@]1(C(=O)SCF)[C@H](C)C[C@H]2[C@@H]3CCC4=Cc5c(cnn5-c5cccc(C(=O)C[C@@H](C)C(N)=O)c5)C[C@]4(C)[C@@]3(F)[C@@H](O)C[C@@]21C. The standard InChI is InChI=1S/C37H45F2N3O7S/c1-20(32(40)46)11-29(43)22-7-6-8-25(13-22)42-28-14-24-9-10-26-27-12-21(2)37(33(47)50-19-38,49-31(45)18-48-5)35(27,4)16-30(44)36(26,39)34(24,3)15-23(28)17-41-42/h6-8,13-14,17,20-21,26-27,30,44H,9-12,15-16,18-19H2,1-5H3,(H2,40,46)/t20-,21-,26+,27+,30+,34+,35+,36+,37+/m1/s1. The summed E-state index contributed by atoms with van der Waals surface area (Å²) in [6, 6.07) is 5.95. The largest absolute Gasteiger partial charge is 0.447 e. The van der Waals surface area contributed by atoms with E-state index >= 15 is 4.39 Å². The van der Waals surface area contributed by atoms with Gasteiger partial charge in [-0.3, -0.25) is 14.4 Å². The fraction of sp³-hybridized carbons (Fsp3) is 0.595. The summed E-state index contributed by atoms with van der Waals surface area (Å²) in [6.07, 6.45) is 3.49. The molecule has 1 heterocycles. The number of esters is 1. The van der Waals surface area contributed by atoms with Gasteiger partial charge in [-0.05, 0) is 73.6 Å². The van der Waals surface area contributed by atoms with Crippen LogP contribution in [0.2, 0.25) is 0 Å². The van der Waals surface area contributed by atoms with Gasteiger partial charge in [-0.15, -0.1) is 0 Å². The van der Waals surface area contributed by atoms with Crippen LogP contribution in [0, 0.1) is 34.5 Å². The zero-order valence-corrected chi connectivity index (χ0v) is 29.9. The number of benzene rings is 1. The minimum absolute atomic E-state index is 0.0150. The topological polar surface area (TPSA) is 151 Å². The van der Waals surface area contributed by atoms with Crippen LogP contribution in [0.15, 0.2) is 36.0 Å². The summed E-state index contributed by atoms with van der Waals surface area (Å²) in [4.78, 5) is 51.1. The summed E-state index contributed by atoms with van der Waals surface area (Å²) in [6.45, 7) is 6.62. The smallest absolute Gasteiger partial charge is 0.333 e. The molecule has 1 aromatic heterocycles. The van der Waals surface area contributed by atoms with Crippen molar-refractivity contribution in [2.45, 2.75) is 83.6 Å². The van der Waals surface area contributed by atoms with Gasteiger partial charge in [-0.2, -0.15) is 5.10 Å². The number of carbonyl (C=O) groups is 4. The molecule has 2 aromatic rings. The molecule has 0 unspecified atom stereocenters. The molecule has 50 heavy (non-hydrogen) atoms. The first-order valence-electron chi connectivity index (χ1n) is 17.1. The molecular formula is C37H45F2N3O7S. The number of hydrogen-bond acceptors (Lipinski definition) is 9. The number of aliphatic hydroxyl groups is 1. The van der Waals surface area contributed by atoms with Gasteiger partial charge >= 0.3 is 5.97 Å². The van der Waals surface area contributed by atoms with E-state index in [0.717, 1.165) is 16.8 Å². The minimum Gasteiger partial charge on any atom is -0.447 e. The Morgan fingerprint density at radius 1 is 1.22 bits per heavy atom. The molecule has 4 aliphatic rings. The van der Waals surface area contributed by atoms with Gasteiger partial charge in [0.1, 0.15) is 18.3 Å². The molecule has 270 valence electrons. The molecule has 13 heteroatoms. The van der Waals surface area contributed by atoms with Crippen LogP contribution in [0.25, 0.3) is 11.8 Å². The van der Waals surface area contributed by atoms with Crippen LogP contribution >= 0.6 is 11.8 Å². The summed E-state index contributed by atoms with van der Waals surface area (Å²) < 4.78 is 44.6. The number of nitrogens with zero attached hydrogens (tertiary/aromatic N) is 2. The number of halogens is 2. The summed E-state index contributed by atoms with van der Waals surface area (Å²) in [7, 11) is 1.33. The number of thioether (sulfide) groups is 1. The Kier molecular flexibility index (Phi) is 9.43. The van der Waals surface area contributed by atoms with E-state index in [4.69, 9.17) is 15.2 Å². The maximum Gasteiger partial charge on any atom is 0.333 e. The van der Waals surface area contributed by atoms with E-state index in [0.29, 0.717) is 42.3 Å². The lowest BCUT2D eigenvalue weighted by molar-refractivity contribution is -0.231. The number of rotatable bonds is 10. The number of alkyl halides is 2. The summed E-state index contributed by atoms with van der Waals surface area (Å²) in [5.74, 6) is -3.80. The highest BCUT2D eigenvalue weighted by Crippen LogP contribution is 2.72. The second-order valence-electron chi connectivity index (χ2n) is 15.1. The Morgan fingerprint density at radius 3 is 2.64 bits per heavy atom. The molecule has 1 aromatic carbocycles. The first kappa shape index (κ1) is 36.4. The van der Waals surface area contributed by atoms with Crippen LogP contribution in [-0.2, 0) is 30.3 Å². The van der Waals surface area contributed by atoms with Crippen LogP contribution < -0.4 is 5.73 Å². The number of amides is 1. The summed E-state index contributed by atoms with van der Waals surface area (Å²) in [5.41, 5.74) is 2.68. The zero-order chi connectivity index (χ0) is 36.4. The van der Waals surface area contributed by atoms with Gasteiger partial charge in [0.05, 0.1) is 23.7 Å². The van der Waals surface area contributed by atoms with Crippen molar-refractivity contribution in [3.63, 3.8) is 0 Å². The highest BCUT2D eigenvalue weighted by atomic mass is 32.2. The van der Waals surface area contributed by atoms with Crippen molar-refractivity contribution in [1.82, 2.24) is 9.78 Å². The number of fused-ring (bicyclic) bond motifs is 6. The third-order valence-corrected chi connectivity index (χ3v) is 13.2. The van der Waals surface area contributed by atoms with Gasteiger partial charge in [-0.25, -0.2) is 18.3 Å². The molecule has 9 atom stereocenters. The van der Waals surface area contributed by atoms with Crippen LogP contribution in [0.5, 0.6) is 0 Å². The molecule has 0 bridgehead atoms. The molecule has 4 aliphatic carbocycles. The van der Waals surface area contributed by atoms with Crippen molar-refractivity contribution >= 4 is 40.6 Å². The fourth-order valence-corrected chi connectivity index (χ4v) is 10.9. The lowest BCUT2D eigenvalue weighted by atomic mass is 9.44. The number of nitrogens with two attached hydrogens (primary N) is 1. The fourth-order valence-electron chi connectivity index (χ4n) is 10.1. The second kappa shape index (κ2) is 13.0. The predicted molar refractivity (Wildman–Crippen MR) is 182 cm³/mol. The van der Waals surface area contributed by atoms with E-state index in [2.05, 4.69) is 5.10 Å². The molecular weight excluding hydrogens is 668 g/mol. The molecule has 0 radical (unpaired) electrons. The van der Waals surface area contributed by atoms with Gasteiger partial charge in [0.2, 0.25) is 11.0 Å². The number of ketones is 1.